The minimum Gasteiger partial charge on any atom is -0.297 e. The molecule has 0 spiro atoms. The predicted molar refractivity (Wildman–Crippen MR) is 85.6 cm³/mol. The molecule has 1 aliphatic carbocycles. The van der Waals surface area contributed by atoms with E-state index in [0.717, 1.165) is 32.1 Å². The highest BCUT2D eigenvalue weighted by molar-refractivity contribution is 7.90. The van der Waals surface area contributed by atoms with Crippen LogP contribution in [0.25, 0.3) is 0 Å². The Kier molecular flexibility index (Phi) is 5.01. The molecule has 1 N–H and O–H groups in total. The van der Waals surface area contributed by atoms with Crippen molar-refractivity contribution in [1.82, 2.24) is 9.79 Å². The zero-order valence-corrected chi connectivity index (χ0v) is 14.1. The van der Waals surface area contributed by atoms with Gasteiger partial charge < -0.3 is 0 Å². The van der Waals surface area contributed by atoms with Crippen LogP contribution in [0.1, 0.15) is 43.7 Å². The summed E-state index contributed by atoms with van der Waals surface area (Å²) in [5.74, 6) is -0.410. The molecule has 2 aliphatic rings. The number of nitrogens with zero attached hydrogens (tertiary/aromatic N) is 1. The van der Waals surface area contributed by atoms with Crippen molar-refractivity contribution in [2.45, 2.75) is 49.4 Å². The number of hydrogen-bond acceptors (Lipinski definition) is 4. The molecule has 1 saturated heterocycles. The van der Waals surface area contributed by atoms with Crippen LogP contribution in [-0.4, -0.2) is 38.4 Å². The van der Waals surface area contributed by atoms with E-state index in [9.17, 15) is 12.8 Å². The first-order valence-corrected chi connectivity index (χ1v) is 9.65. The van der Waals surface area contributed by atoms with E-state index in [2.05, 4.69) is 4.72 Å². The standard InChI is InChI=1S/C16H23FN2O3S/c1-19-16(13-9-5-6-10-14(13)17)15(11-22-19)23(20,21)18-12-7-3-2-4-8-12/h5-6,9-10,12,15-16,18H,2-4,7-8,11H2,1H3. The Labute approximate surface area is 136 Å². The van der Waals surface area contributed by atoms with Gasteiger partial charge in [0.25, 0.3) is 0 Å². The van der Waals surface area contributed by atoms with E-state index in [1.807, 2.05) is 0 Å². The molecule has 1 saturated carbocycles. The Bertz CT molecular complexity index is 646. The van der Waals surface area contributed by atoms with E-state index in [4.69, 9.17) is 4.84 Å². The molecule has 23 heavy (non-hydrogen) atoms. The predicted octanol–water partition coefficient (Wildman–Crippen LogP) is 2.36. The summed E-state index contributed by atoms with van der Waals surface area (Å²) in [6.07, 6.45) is 4.99. The van der Waals surface area contributed by atoms with Crippen molar-refractivity contribution >= 4 is 10.0 Å². The van der Waals surface area contributed by atoms with Crippen LogP contribution in [0.5, 0.6) is 0 Å². The maximum atomic E-state index is 14.1. The first-order valence-electron chi connectivity index (χ1n) is 8.10. The van der Waals surface area contributed by atoms with E-state index in [1.165, 1.54) is 11.1 Å². The van der Waals surface area contributed by atoms with Gasteiger partial charge in [-0.1, -0.05) is 37.5 Å². The molecule has 0 amide bonds. The lowest BCUT2D eigenvalue weighted by molar-refractivity contribution is -0.111. The Hall–Kier alpha value is -1.02. The molecule has 0 bridgehead atoms. The molecule has 1 aromatic carbocycles. The summed E-state index contributed by atoms with van der Waals surface area (Å²) in [5.41, 5.74) is 0.353. The zero-order chi connectivity index (χ0) is 16.4. The smallest absolute Gasteiger partial charge is 0.219 e. The first kappa shape index (κ1) is 16.8. The fourth-order valence-electron chi connectivity index (χ4n) is 3.51. The van der Waals surface area contributed by atoms with E-state index < -0.39 is 27.1 Å². The molecule has 1 aliphatic heterocycles. The minimum absolute atomic E-state index is 0.0130. The third-order valence-electron chi connectivity index (χ3n) is 4.74. The van der Waals surface area contributed by atoms with E-state index in [-0.39, 0.29) is 12.6 Å². The van der Waals surface area contributed by atoms with Gasteiger partial charge in [0.05, 0.1) is 12.6 Å². The minimum atomic E-state index is -3.59. The lowest BCUT2D eigenvalue weighted by Gasteiger charge is -2.27. The van der Waals surface area contributed by atoms with E-state index in [1.54, 1.807) is 25.2 Å². The molecule has 7 heteroatoms. The number of sulfonamides is 1. The van der Waals surface area contributed by atoms with Gasteiger partial charge in [-0.05, 0) is 18.9 Å². The van der Waals surface area contributed by atoms with Crippen LogP contribution in [0.2, 0.25) is 0 Å². The number of rotatable bonds is 4. The fraction of sp³-hybridized carbons (Fsp3) is 0.625. The van der Waals surface area contributed by atoms with Crippen LogP contribution in [0.15, 0.2) is 24.3 Å². The van der Waals surface area contributed by atoms with E-state index in [0.29, 0.717) is 5.56 Å². The maximum Gasteiger partial charge on any atom is 0.219 e. The number of hydrogen-bond donors (Lipinski definition) is 1. The molecule has 2 fully saturated rings. The summed E-state index contributed by atoms with van der Waals surface area (Å²) >= 11 is 0. The lowest BCUT2D eigenvalue weighted by atomic mass is 9.96. The molecule has 5 nitrogen and oxygen atoms in total. The fourth-order valence-corrected chi connectivity index (χ4v) is 5.28. The second kappa shape index (κ2) is 6.84. The van der Waals surface area contributed by atoms with Gasteiger partial charge in [-0.2, -0.15) is 5.06 Å². The van der Waals surface area contributed by atoms with Gasteiger partial charge in [-0.3, -0.25) is 4.84 Å². The molecule has 0 radical (unpaired) electrons. The van der Waals surface area contributed by atoms with Crippen LogP contribution in [0.4, 0.5) is 4.39 Å². The molecule has 1 heterocycles. The average molecular weight is 342 g/mol. The molecule has 128 valence electrons. The summed E-state index contributed by atoms with van der Waals surface area (Å²) in [6.45, 7) is 0.0392. The highest BCUT2D eigenvalue weighted by Gasteiger charge is 2.44. The number of hydroxylamine groups is 2. The normalized spacial score (nSPS) is 27.4. The van der Waals surface area contributed by atoms with Crippen LogP contribution >= 0.6 is 0 Å². The quantitative estimate of drug-likeness (QED) is 0.913. The summed E-state index contributed by atoms with van der Waals surface area (Å²) < 4.78 is 42.6. The Morgan fingerprint density at radius 3 is 2.61 bits per heavy atom. The topological polar surface area (TPSA) is 58.6 Å². The lowest BCUT2D eigenvalue weighted by Crippen LogP contribution is -2.44. The average Bonchev–Trinajstić information content (AvgIpc) is 2.91. The van der Waals surface area contributed by atoms with Crippen molar-refractivity contribution in [2.75, 3.05) is 13.7 Å². The first-order chi connectivity index (χ1) is 11.0. The van der Waals surface area contributed by atoms with Crippen LogP contribution in [0, 0.1) is 5.82 Å². The Morgan fingerprint density at radius 1 is 1.22 bits per heavy atom. The summed E-state index contributed by atoms with van der Waals surface area (Å²) in [7, 11) is -1.94. The Balaban J connectivity index is 1.83. The highest BCUT2D eigenvalue weighted by atomic mass is 32.2. The Morgan fingerprint density at radius 2 is 1.91 bits per heavy atom. The largest absolute Gasteiger partial charge is 0.297 e. The molecule has 2 atom stereocenters. The molecule has 0 aromatic heterocycles. The van der Waals surface area contributed by atoms with Crippen LogP contribution in [-0.2, 0) is 14.9 Å². The monoisotopic (exact) mass is 342 g/mol. The van der Waals surface area contributed by atoms with Gasteiger partial charge in [-0.25, -0.2) is 17.5 Å². The number of benzene rings is 1. The zero-order valence-electron chi connectivity index (χ0n) is 13.2. The molecule has 3 rings (SSSR count). The van der Waals surface area contributed by atoms with Gasteiger partial charge >= 0.3 is 0 Å². The van der Waals surface area contributed by atoms with Crippen LogP contribution < -0.4 is 4.72 Å². The molecular weight excluding hydrogens is 319 g/mol. The van der Waals surface area contributed by atoms with Gasteiger partial charge in [-0.15, -0.1) is 0 Å². The van der Waals surface area contributed by atoms with Crippen molar-refractivity contribution in [3.63, 3.8) is 0 Å². The van der Waals surface area contributed by atoms with Crippen molar-refractivity contribution in [3.05, 3.63) is 35.6 Å². The van der Waals surface area contributed by atoms with Crippen molar-refractivity contribution in [1.29, 1.82) is 0 Å². The third kappa shape index (κ3) is 3.57. The van der Waals surface area contributed by atoms with Gasteiger partial charge in [0, 0.05) is 18.7 Å². The number of halogens is 1. The second-order valence-corrected chi connectivity index (χ2v) is 8.28. The van der Waals surface area contributed by atoms with Gasteiger partial charge in [0.2, 0.25) is 10.0 Å². The van der Waals surface area contributed by atoms with Crippen molar-refractivity contribution < 1.29 is 17.6 Å². The van der Waals surface area contributed by atoms with Crippen LogP contribution in [0.3, 0.4) is 0 Å². The summed E-state index contributed by atoms with van der Waals surface area (Å²) in [5, 5.41) is 0.634. The highest BCUT2D eigenvalue weighted by Crippen LogP contribution is 2.35. The summed E-state index contributed by atoms with van der Waals surface area (Å²) in [4.78, 5) is 5.41. The molecular formula is C16H23FN2O3S. The van der Waals surface area contributed by atoms with E-state index >= 15 is 0 Å². The summed E-state index contributed by atoms with van der Waals surface area (Å²) in [6, 6.07) is 5.62. The van der Waals surface area contributed by atoms with Crippen molar-refractivity contribution in [3.8, 4) is 0 Å². The van der Waals surface area contributed by atoms with Gasteiger partial charge in [0.1, 0.15) is 11.1 Å². The number of nitrogens with one attached hydrogen (secondary N) is 1. The maximum absolute atomic E-state index is 14.1. The third-order valence-corrected chi connectivity index (χ3v) is 6.60. The van der Waals surface area contributed by atoms with Gasteiger partial charge in [0.15, 0.2) is 0 Å². The SMILES string of the molecule is CN1OCC(S(=O)(=O)NC2CCCCC2)C1c1ccccc1F. The molecule has 1 aromatic rings. The second-order valence-electron chi connectivity index (χ2n) is 6.34. The molecule has 2 unspecified atom stereocenters. The van der Waals surface area contributed by atoms with Crippen molar-refractivity contribution in [2.24, 2.45) is 0 Å².